The summed E-state index contributed by atoms with van der Waals surface area (Å²) in [7, 11) is 1.46. The monoisotopic (exact) mass is 466 g/mol. The Hall–Kier alpha value is -3.84. The molecular weight excluding hydrogens is 444 g/mol. The summed E-state index contributed by atoms with van der Waals surface area (Å²) in [6, 6.07) is 17.0. The van der Waals surface area contributed by atoms with Gasteiger partial charge in [-0.2, -0.15) is 5.10 Å². The van der Waals surface area contributed by atoms with E-state index in [-0.39, 0.29) is 12.4 Å². The number of nitrogens with one attached hydrogen (secondary N) is 1. The lowest BCUT2D eigenvalue weighted by Gasteiger charge is -2.10. The summed E-state index contributed by atoms with van der Waals surface area (Å²) in [5.74, 6) is 0.309. The van der Waals surface area contributed by atoms with Crippen molar-refractivity contribution in [2.45, 2.75) is 13.8 Å². The molecule has 8 heteroatoms. The van der Waals surface area contributed by atoms with Crippen molar-refractivity contribution in [2.24, 2.45) is 5.10 Å². The number of methoxy groups -OCH3 is 1. The molecular formula is C25H23ClN2O5. The summed E-state index contributed by atoms with van der Waals surface area (Å²) in [4.78, 5) is 24.3. The number of amides is 1. The molecule has 0 spiro atoms. The number of rotatable bonds is 8. The number of hydrazone groups is 1. The van der Waals surface area contributed by atoms with Crippen molar-refractivity contribution in [3.05, 3.63) is 87.9 Å². The number of halogens is 1. The van der Waals surface area contributed by atoms with Crippen LogP contribution in [0.4, 0.5) is 0 Å². The van der Waals surface area contributed by atoms with Crippen LogP contribution < -0.4 is 19.6 Å². The highest BCUT2D eigenvalue weighted by Gasteiger charge is 2.13. The van der Waals surface area contributed by atoms with Gasteiger partial charge in [0, 0.05) is 5.02 Å². The SMILES string of the molecule is COc1cc(C=NNC(=O)COc2cc(C)ccc2C)ccc1OC(=O)c1ccc(Cl)cc1. The lowest BCUT2D eigenvalue weighted by molar-refractivity contribution is -0.123. The summed E-state index contributed by atoms with van der Waals surface area (Å²) >= 11 is 5.84. The van der Waals surface area contributed by atoms with Gasteiger partial charge >= 0.3 is 5.97 Å². The lowest BCUT2D eigenvalue weighted by Crippen LogP contribution is -2.24. The van der Waals surface area contributed by atoms with Crippen LogP contribution in [0.1, 0.15) is 27.0 Å². The second-order valence-corrected chi connectivity index (χ2v) is 7.59. The van der Waals surface area contributed by atoms with E-state index < -0.39 is 11.9 Å². The zero-order valence-corrected chi connectivity index (χ0v) is 19.2. The zero-order valence-electron chi connectivity index (χ0n) is 18.4. The predicted octanol–water partition coefficient (Wildman–Crippen LogP) is 4.71. The topological polar surface area (TPSA) is 86.2 Å². The zero-order chi connectivity index (χ0) is 23.8. The van der Waals surface area contributed by atoms with Crippen molar-refractivity contribution in [3.63, 3.8) is 0 Å². The Bertz CT molecular complexity index is 1180. The molecule has 33 heavy (non-hydrogen) atoms. The largest absolute Gasteiger partial charge is 0.493 e. The molecule has 0 aliphatic rings. The second kappa shape index (κ2) is 11.2. The van der Waals surface area contributed by atoms with E-state index in [2.05, 4.69) is 10.5 Å². The van der Waals surface area contributed by atoms with Crippen LogP contribution in [0.3, 0.4) is 0 Å². The van der Waals surface area contributed by atoms with Crippen LogP contribution in [-0.2, 0) is 4.79 Å². The number of nitrogens with zero attached hydrogens (tertiary/aromatic N) is 1. The maximum absolute atomic E-state index is 12.3. The molecule has 0 radical (unpaired) electrons. The smallest absolute Gasteiger partial charge is 0.343 e. The average Bonchev–Trinajstić information content (AvgIpc) is 2.80. The van der Waals surface area contributed by atoms with Crippen LogP contribution >= 0.6 is 11.6 Å². The Morgan fingerprint density at radius 2 is 1.73 bits per heavy atom. The molecule has 7 nitrogen and oxygen atoms in total. The maximum atomic E-state index is 12.3. The van der Waals surface area contributed by atoms with Gasteiger partial charge in [-0.05, 0) is 79.1 Å². The molecule has 0 atom stereocenters. The van der Waals surface area contributed by atoms with Crippen LogP contribution in [0, 0.1) is 13.8 Å². The first kappa shape index (κ1) is 23.8. The third-order valence-corrected chi connectivity index (χ3v) is 4.83. The first-order valence-electron chi connectivity index (χ1n) is 10.0. The quantitative estimate of drug-likeness (QED) is 0.225. The minimum absolute atomic E-state index is 0.162. The minimum Gasteiger partial charge on any atom is -0.493 e. The van der Waals surface area contributed by atoms with Crippen molar-refractivity contribution in [1.82, 2.24) is 5.43 Å². The van der Waals surface area contributed by atoms with E-state index in [1.54, 1.807) is 42.5 Å². The van der Waals surface area contributed by atoms with Crippen LogP contribution in [0.15, 0.2) is 65.8 Å². The lowest BCUT2D eigenvalue weighted by atomic mass is 10.1. The Morgan fingerprint density at radius 3 is 2.45 bits per heavy atom. The number of benzene rings is 3. The molecule has 170 valence electrons. The van der Waals surface area contributed by atoms with E-state index in [0.29, 0.717) is 27.6 Å². The Kier molecular flexibility index (Phi) is 8.05. The molecule has 0 saturated heterocycles. The third kappa shape index (κ3) is 6.82. The van der Waals surface area contributed by atoms with E-state index in [0.717, 1.165) is 11.1 Å². The van der Waals surface area contributed by atoms with Gasteiger partial charge in [-0.15, -0.1) is 0 Å². The van der Waals surface area contributed by atoms with Gasteiger partial charge < -0.3 is 14.2 Å². The fourth-order valence-electron chi connectivity index (χ4n) is 2.81. The summed E-state index contributed by atoms with van der Waals surface area (Å²) in [6.45, 7) is 3.70. The van der Waals surface area contributed by atoms with Crippen LogP contribution in [0.5, 0.6) is 17.2 Å². The number of hydrogen-bond acceptors (Lipinski definition) is 6. The van der Waals surface area contributed by atoms with E-state index >= 15 is 0 Å². The molecule has 1 amide bonds. The molecule has 0 bridgehead atoms. The standard InChI is InChI=1S/C25H23ClN2O5/c1-16-4-5-17(2)22(12-16)32-15-24(29)28-27-14-18-6-11-21(23(13-18)31-3)33-25(30)19-7-9-20(26)10-8-19/h4-14H,15H2,1-3H3,(H,28,29). The van der Waals surface area contributed by atoms with Crippen molar-refractivity contribution in [2.75, 3.05) is 13.7 Å². The van der Waals surface area contributed by atoms with Gasteiger partial charge in [0.25, 0.3) is 5.91 Å². The van der Waals surface area contributed by atoms with Gasteiger partial charge in [0.05, 0.1) is 18.9 Å². The molecule has 3 rings (SSSR count). The molecule has 0 unspecified atom stereocenters. The van der Waals surface area contributed by atoms with E-state index in [1.165, 1.54) is 13.3 Å². The first-order valence-corrected chi connectivity index (χ1v) is 10.4. The highest BCUT2D eigenvalue weighted by molar-refractivity contribution is 6.30. The molecule has 0 aliphatic carbocycles. The summed E-state index contributed by atoms with van der Waals surface area (Å²) in [5, 5.41) is 4.46. The number of aryl methyl sites for hydroxylation is 2. The van der Waals surface area contributed by atoms with Crippen molar-refractivity contribution >= 4 is 29.7 Å². The third-order valence-electron chi connectivity index (χ3n) is 4.58. The van der Waals surface area contributed by atoms with Gasteiger partial charge in [0.1, 0.15) is 5.75 Å². The van der Waals surface area contributed by atoms with Crippen molar-refractivity contribution < 1.29 is 23.8 Å². The number of carbonyl (C=O) groups excluding carboxylic acids is 2. The molecule has 3 aromatic rings. The summed E-state index contributed by atoms with van der Waals surface area (Å²) < 4.78 is 16.3. The number of hydrogen-bond donors (Lipinski definition) is 1. The molecule has 1 N–H and O–H groups in total. The van der Waals surface area contributed by atoms with Crippen molar-refractivity contribution in [3.8, 4) is 17.2 Å². The van der Waals surface area contributed by atoms with E-state index in [9.17, 15) is 9.59 Å². The Morgan fingerprint density at radius 1 is 0.970 bits per heavy atom. The summed E-state index contributed by atoms with van der Waals surface area (Å²) in [5.41, 5.74) is 5.40. The number of ether oxygens (including phenoxy) is 3. The van der Waals surface area contributed by atoms with Gasteiger partial charge in [-0.25, -0.2) is 10.2 Å². The number of carbonyl (C=O) groups is 2. The second-order valence-electron chi connectivity index (χ2n) is 7.16. The van der Waals surface area contributed by atoms with Crippen LogP contribution in [0.25, 0.3) is 0 Å². The highest BCUT2D eigenvalue weighted by atomic mass is 35.5. The Balaban J connectivity index is 1.57. The van der Waals surface area contributed by atoms with Crippen LogP contribution in [-0.4, -0.2) is 31.8 Å². The van der Waals surface area contributed by atoms with Gasteiger partial charge in [-0.1, -0.05) is 23.7 Å². The van der Waals surface area contributed by atoms with E-state index in [1.807, 2.05) is 32.0 Å². The van der Waals surface area contributed by atoms with Crippen LogP contribution in [0.2, 0.25) is 5.02 Å². The van der Waals surface area contributed by atoms with Crippen molar-refractivity contribution in [1.29, 1.82) is 0 Å². The van der Waals surface area contributed by atoms with E-state index in [4.69, 9.17) is 25.8 Å². The molecule has 3 aromatic carbocycles. The molecule has 0 fully saturated rings. The predicted molar refractivity (Wildman–Crippen MR) is 127 cm³/mol. The van der Waals surface area contributed by atoms with Gasteiger partial charge in [0.15, 0.2) is 18.1 Å². The number of esters is 1. The maximum Gasteiger partial charge on any atom is 0.343 e. The molecule has 0 heterocycles. The fourth-order valence-corrected chi connectivity index (χ4v) is 2.94. The fraction of sp³-hybridized carbons (Fsp3) is 0.160. The minimum atomic E-state index is -0.539. The molecule has 0 aromatic heterocycles. The average molecular weight is 467 g/mol. The Labute approximate surface area is 196 Å². The highest BCUT2D eigenvalue weighted by Crippen LogP contribution is 2.28. The van der Waals surface area contributed by atoms with Gasteiger partial charge in [0.2, 0.25) is 0 Å². The molecule has 0 saturated carbocycles. The summed E-state index contributed by atoms with van der Waals surface area (Å²) in [6.07, 6.45) is 1.45. The normalized spacial score (nSPS) is 10.7. The van der Waals surface area contributed by atoms with Gasteiger partial charge in [-0.3, -0.25) is 4.79 Å². The first-order chi connectivity index (χ1) is 15.9. The molecule has 0 aliphatic heterocycles.